The number of rotatable bonds is 5. The van der Waals surface area contributed by atoms with Crippen LogP contribution in [0.15, 0.2) is 28.8 Å². The van der Waals surface area contributed by atoms with Crippen LogP contribution in [0.2, 0.25) is 0 Å². The Kier molecular flexibility index (Phi) is 4.32. The van der Waals surface area contributed by atoms with Gasteiger partial charge in [0, 0.05) is 25.4 Å². The Hall–Kier alpha value is -2.37. The molecule has 1 amide bonds. The average Bonchev–Trinajstić information content (AvgIpc) is 3.16. The first-order chi connectivity index (χ1) is 11.1. The molecule has 0 radical (unpaired) electrons. The van der Waals surface area contributed by atoms with E-state index in [0.717, 1.165) is 11.3 Å². The van der Waals surface area contributed by atoms with E-state index in [0.29, 0.717) is 31.2 Å². The molecule has 1 saturated heterocycles. The summed E-state index contributed by atoms with van der Waals surface area (Å²) >= 11 is 0. The molecule has 0 spiro atoms. The Morgan fingerprint density at radius 1 is 1.35 bits per heavy atom. The van der Waals surface area contributed by atoms with Crippen molar-refractivity contribution < 1.29 is 14.1 Å². The van der Waals surface area contributed by atoms with Crippen molar-refractivity contribution >= 4 is 5.91 Å². The molecule has 0 aliphatic carbocycles. The van der Waals surface area contributed by atoms with Gasteiger partial charge in [0.25, 0.3) is 0 Å². The van der Waals surface area contributed by atoms with Crippen LogP contribution in [0.25, 0.3) is 0 Å². The van der Waals surface area contributed by atoms with Crippen molar-refractivity contribution in [2.75, 3.05) is 13.7 Å². The van der Waals surface area contributed by atoms with E-state index in [2.05, 4.69) is 10.1 Å². The molecular weight excluding hydrogens is 294 g/mol. The third-order valence-electron chi connectivity index (χ3n) is 4.07. The predicted molar refractivity (Wildman–Crippen MR) is 84.2 cm³/mol. The van der Waals surface area contributed by atoms with Gasteiger partial charge in [0.15, 0.2) is 5.82 Å². The van der Waals surface area contributed by atoms with E-state index in [1.807, 2.05) is 43.0 Å². The second kappa shape index (κ2) is 6.40. The third-order valence-corrected chi connectivity index (χ3v) is 4.07. The van der Waals surface area contributed by atoms with Crippen molar-refractivity contribution in [3.8, 4) is 5.75 Å². The molecule has 0 saturated carbocycles. The third kappa shape index (κ3) is 3.36. The quantitative estimate of drug-likeness (QED) is 0.848. The van der Waals surface area contributed by atoms with E-state index < -0.39 is 0 Å². The summed E-state index contributed by atoms with van der Waals surface area (Å²) in [4.78, 5) is 18.5. The van der Waals surface area contributed by atoms with Crippen molar-refractivity contribution in [2.45, 2.75) is 38.6 Å². The molecule has 23 heavy (non-hydrogen) atoms. The molecule has 1 unspecified atom stereocenters. The fraction of sp³-hybridized carbons (Fsp3) is 0.471. The topological polar surface area (TPSA) is 68.5 Å². The zero-order valence-electron chi connectivity index (χ0n) is 13.7. The van der Waals surface area contributed by atoms with Gasteiger partial charge in [-0.3, -0.25) is 4.79 Å². The molecule has 0 bridgehead atoms. The minimum Gasteiger partial charge on any atom is -0.497 e. The minimum atomic E-state index is -0.0132. The normalized spacial score (nSPS) is 18.0. The lowest BCUT2D eigenvalue weighted by Crippen LogP contribution is -2.24. The SMILES string of the molecule is COc1ccc(CN2CC(c3nc(C(C)C)no3)CC2=O)cc1. The molecule has 0 N–H and O–H groups in total. The molecule has 2 heterocycles. The van der Waals surface area contributed by atoms with Gasteiger partial charge >= 0.3 is 0 Å². The Morgan fingerprint density at radius 3 is 2.70 bits per heavy atom. The largest absolute Gasteiger partial charge is 0.497 e. The molecule has 6 nitrogen and oxygen atoms in total. The lowest BCUT2D eigenvalue weighted by molar-refractivity contribution is -0.128. The Bertz CT molecular complexity index is 679. The van der Waals surface area contributed by atoms with Crippen LogP contribution in [0.1, 0.15) is 49.4 Å². The minimum absolute atomic E-state index is 0.0132. The molecule has 1 atom stereocenters. The molecule has 3 rings (SSSR count). The average molecular weight is 315 g/mol. The fourth-order valence-corrected chi connectivity index (χ4v) is 2.69. The first kappa shape index (κ1) is 15.5. The van der Waals surface area contributed by atoms with Crippen molar-refractivity contribution in [3.05, 3.63) is 41.5 Å². The number of aromatic nitrogens is 2. The first-order valence-corrected chi connectivity index (χ1v) is 7.81. The van der Waals surface area contributed by atoms with E-state index in [-0.39, 0.29) is 17.7 Å². The molecule has 2 aromatic rings. The highest BCUT2D eigenvalue weighted by Gasteiger charge is 2.34. The number of methoxy groups -OCH3 is 1. The van der Waals surface area contributed by atoms with Crippen LogP contribution < -0.4 is 4.74 Å². The Balaban J connectivity index is 1.66. The Morgan fingerprint density at radius 2 is 2.09 bits per heavy atom. The van der Waals surface area contributed by atoms with Crippen LogP contribution in [0.4, 0.5) is 0 Å². The highest BCUT2D eigenvalue weighted by Crippen LogP contribution is 2.29. The van der Waals surface area contributed by atoms with Gasteiger partial charge in [-0.15, -0.1) is 0 Å². The van der Waals surface area contributed by atoms with Crippen molar-refractivity contribution in [1.82, 2.24) is 15.0 Å². The summed E-state index contributed by atoms with van der Waals surface area (Å²) in [6.45, 7) is 5.24. The van der Waals surface area contributed by atoms with Gasteiger partial charge in [-0.1, -0.05) is 31.1 Å². The molecular formula is C17H21N3O3. The fourth-order valence-electron chi connectivity index (χ4n) is 2.69. The van der Waals surface area contributed by atoms with E-state index in [4.69, 9.17) is 9.26 Å². The van der Waals surface area contributed by atoms with Crippen LogP contribution in [-0.4, -0.2) is 34.6 Å². The molecule has 6 heteroatoms. The van der Waals surface area contributed by atoms with Gasteiger partial charge in [-0.05, 0) is 17.7 Å². The Labute approximate surface area is 135 Å². The number of likely N-dealkylation sites (tertiary alicyclic amines) is 1. The van der Waals surface area contributed by atoms with Gasteiger partial charge in [0.2, 0.25) is 11.8 Å². The number of carbonyl (C=O) groups excluding carboxylic acids is 1. The number of carbonyl (C=O) groups is 1. The first-order valence-electron chi connectivity index (χ1n) is 7.81. The summed E-state index contributed by atoms with van der Waals surface area (Å²) in [6.07, 6.45) is 0.426. The lowest BCUT2D eigenvalue weighted by atomic mass is 10.1. The van der Waals surface area contributed by atoms with E-state index in [9.17, 15) is 4.79 Å². The standard InChI is InChI=1S/C17H21N3O3/c1-11(2)16-18-17(23-19-16)13-8-15(21)20(10-13)9-12-4-6-14(22-3)7-5-12/h4-7,11,13H,8-10H2,1-3H3. The molecule has 1 aromatic carbocycles. The second-order valence-corrected chi connectivity index (χ2v) is 6.17. The zero-order chi connectivity index (χ0) is 16.4. The van der Waals surface area contributed by atoms with Gasteiger partial charge in [-0.25, -0.2) is 0 Å². The van der Waals surface area contributed by atoms with Crippen molar-refractivity contribution in [3.63, 3.8) is 0 Å². The number of nitrogens with zero attached hydrogens (tertiary/aromatic N) is 3. The number of amides is 1. The highest BCUT2D eigenvalue weighted by atomic mass is 16.5. The van der Waals surface area contributed by atoms with E-state index in [1.54, 1.807) is 7.11 Å². The predicted octanol–water partition coefficient (Wildman–Crippen LogP) is 2.72. The van der Waals surface area contributed by atoms with Crippen LogP contribution >= 0.6 is 0 Å². The monoisotopic (exact) mass is 315 g/mol. The van der Waals surface area contributed by atoms with Gasteiger partial charge in [0.05, 0.1) is 13.0 Å². The van der Waals surface area contributed by atoms with Gasteiger partial charge < -0.3 is 14.2 Å². The number of hydrogen-bond acceptors (Lipinski definition) is 5. The van der Waals surface area contributed by atoms with Crippen molar-refractivity contribution in [1.29, 1.82) is 0 Å². The molecule has 1 fully saturated rings. The highest BCUT2D eigenvalue weighted by molar-refractivity contribution is 5.79. The summed E-state index contributed by atoms with van der Waals surface area (Å²) in [5.41, 5.74) is 1.08. The summed E-state index contributed by atoms with van der Waals surface area (Å²) in [5.74, 6) is 2.41. The molecule has 122 valence electrons. The summed E-state index contributed by atoms with van der Waals surface area (Å²) in [7, 11) is 1.64. The van der Waals surface area contributed by atoms with E-state index >= 15 is 0 Å². The summed E-state index contributed by atoms with van der Waals surface area (Å²) in [6, 6.07) is 7.76. The maximum Gasteiger partial charge on any atom is 0.232 e. The van der Waals surface area contributed by atoms with Gasteiger partial charge in [-0.2, -0.15) is 4.98 Å². The van der Waals surface area contributed by atoms with E-state index in [1.165, 1.54) is 0 Å². The maximum absolute atomic E-state index is 12.2. The number of ether oxygens (including phenoxy) is 1. The van der Waals surface area contributed by atoms with Crippen LogP contribution in [0.5, 0.6) is 5.75 Å². The number of hydrogen-bond donors (Lipinski definition) is 0. The summed E-state index contributed by atoms with van der Waals surface area (Å²) in [5, 5.41) is 3.98. The van der Waals surface area contributed by atoms with Crippen LogP contribution in [-0.2, 0) is 11.3 Å². The summed E-state index contributed by atoms with van der Waals surface area (Å²) < 4.78 is 10.5. The molecule has 1 aliphatic heterocycles. The van der Waals surface area contributed by atoms with Crippen molar-refractivity contribution in [2.24, 2.45) is 0 Å². The zero-order valence-corrected chi connectivity index (χ0v) is 13.7. The second-order valence-electron chi connectivity index (χ2n) is 6.17. The van der Waals surface area contributed by atoms with Gasteiger partial charge in [0.1, 0.15) is 5.75 Å². The lowest BCUT2D eigenvalue weighted by Gasteiger charge is -2.16. The number of benzene rings is 1. The van der Waals surface area contributed by atoms with Crippen LogP contribution in [0, 0.1) is 0 Å². The molecule has 1 aromatic heterocycles. The molecule has 1 aliphatic rings. The van der Waals surface area contributed by atoms with Crippen LogP contribution in [0.3, 0.4) is 0 Å². The maximum atomic E-state index is 12.2. The smallest absolute Gasteiger partial charge is 0.232 e.